The normalized spacial score (nSPS) is 15.0. The highest BCUT2D eigenvalue weighted by atomic mass is 16.4. The number of fused-ring (bicyclic) bond motifs is 1. The van der Waals surface area contributed by atoms with Crippen LogP contribution in [0.1, 0.15) is 36.8 Å². The third-order valence-corrected chi connectivity index (χ3v) is 6.34. The summed E-state index contributed by atoms with van der Waals surface area (Å²) in [6, 6.07) is 22.7. The highest BCUT2D eigenvalue weighted by Crippen LogP contribution is 2.40. The Bertz CT molecular complexity index is 1240. The summed E-state index contributed by atoms with van der Waals surface area (Å²) in [6.07, 6.45) is 5.85. The van der Waals surface area contributed by atoms with Gasteiger partial charge in [0, 0.05) is 29.3 Å². The highest BCUT2D eigenvalue weighted by Gasteiger charge is 2.34. The lowest BCUT2D eigenvalue weighted by molar-refractivity contribution is -0.136. The third kappa shape index (κ3) is 3.62. The van der Waals surface area contributed by atoms with Crippen molar-refractivity contribution in [3.63, 3.8) is 0 Å². The van der Waals surface area contributed by atoms with Gasteiger partial charge in [0.1, 0.15) is 5.65 Å². The van der Waals surface area contributed by atoms with E-state index in [0.717, 1.165) is 46.6 Å². The maximum Gasteiger partial charge on any atom is 0.303 e. The molecule has 31 heavy (non-hydrogen) atoms. The molecule has 1 aliphatic carbocycles. The van der Waals surface area contributed by atoms with Gasteiger partial charge in [-0.15, -0.1) is 0 Å². The largest absolute Gasteiger partial charge is 0.481 e. The Morgan fingerprint density at radius 1 is 1.03 bits per heavy atom. The van der Waals surface area contributed by atoms with Crippen LogP contribution >= 0.6 is 0 Å². The molecule has 4 aromatic rings. The van der Waals surface area contributed by atoms with Crippen LogP contribution in [-0.2, 0) is 16.8 Å². The van der Waals surface area contributed by atoms with E-state index < -0.39 is 5.97 Å². The van der Waals surface area contributed by atoms with Crippen molar-refractivity contribution in [3.8, 4) is 22.5 Å². The first-order chi connectivity index (χ1) is 15.0. The second-order valence-corrected chi connectivity index (χ2v) is 8.42. The predicted molar refractivity (Wildman–Crippen MR) is 122 cm³/mol. The molecule has 0 aliphatic heterocycles. The Labute approximate surface area is 181 Å². The van der Waals surface area contributed by atoms with E-state index in [0.29, 0.717) is 6.42 Å². The Morgan fingerprint density at radius 2 is 1.77 bits per heavy atom. The number of carboxylic acids is 1. The monoisotopic (exact) mass is 411 g/mol. The molecule has 5 heteroatoms. The first-order valence-corrected chi connectivity index (χ1v) is 10.7. The summed E-state index contributed by atoms with van der Waals surface area (Å²) in [5.74, 6) is -0.793. The lowest BCUT2D eigenvalue weighted by Gasteiger charge is -2.38. The van der Waals surface area contributed by atoms with E-state index in [4.69, 9.17) is 15.8 Å². The van der Waals surface area contributed by atoms with Gasteiger partial charge in [0.2, 0.25) is 0 Å². The molecule has 0 atom stereocenters. The average molecular weight is 412 g/mol. The number of hydrogen-bond donors (Lipinski definition) is 2. The first kappa shape index (κ1) is 19.5. The summed E-state index contributed by atoms with van der Waals surface area (Å²) >= 11 is 0. The van der Waals surface area contributed by atoms with Crippen molar-refractivity contribution < 1.29 is 9.90 Å². The molecule has 0 saturated heterocycles. The molecule has 0 radical (unpaired) electrons. The van der Waals surface area contributed by atoms with E-state index in [1.165, 1.54) is 12.0 Å². The zero-order chi connectivity index (χ0) is 21.4. The molecule has 1 fully saturated rings. The lowest BCUT2D eigenvalue weighted by atomic mass is 9.72. The first-order valence-electron chi connectivity index (χ1n) is 10.7. The molecule has 5 nitrogen and oxygen atoms in total. The molecule has 1 aliphatic rings. The summed E-state index contributed by atoms with van der Waals surface area (Å²) in [7, 11) is 0. The van der Waals surface area contributed by atoms with Gasteiger partial charge in [-0.1, -0.05) is 54.6 Å². The second kappa shape index (κ2) is 7.67. The van der Waals surface area contributed by atoms with Gasteiger partial charge >= 0.3 is 5.97 Å². The number of nitrogens with two attached hydrogens (primary N) is 1. The topological polar surface area (TPSA) is 80.6 Å². The van der Waals surface area contributed by atoms with E-state index in [1.807, 2.05) is 36.5 Å². The summed E-state index contributed by atoms with van der Waals surface area (Å²) in [4.78, 5) is 15.9. The number of pyridine rings is 1. The minimum absolute atomic E-state index is 0.109. The minimum atomic E-state index is -0.793. The quantitative estimate of drug-likeness (QED) is 0.467. The number of benzene rings is 2. The van der Waals surface area contributed by atoms with E-state index in [9.17, 15) is 4.79 Å². The molecule has 5 rings (SSSR count). The smallest absolute Gasteiger partial charge is 0.303 e. The van der Waals surface area contributed by atoms with E-state index >= 15 is 0 Å². The summed E-state index contributed by atoms with van der Waals surface area (Å²) in [5.41, 5.74) is 13.4. The van der Waals surface area contributed by atoms with Gasteiger partial charge in [-0.2, -0.15) is 0 Å². The fourth-order valence-electron chi connectivity index (χ4n) is 4.37. The third-order valence-electron chi connectivity index (χ3n) is 6.34. The van der Waals surface area contributed by atoms with Crippen molar-refractivity contribution in [1.29, 1.82) is 0 Å². The van der Waals surface area contributed by atoms with Crippen molar-refractivity contribution >= 4 is 11.6 Å². The van der Waals surface area contributed by atoms with Crippen LogP contribution < -0.4 is 5.73 Å². The number of hydrogen-bond acceptors (Lipinski definition) is 3. The molecule has 0 unspecified atom stereocenters. The fourth-order valence-corrected chi connectivity index (χ4v) is 4.37. The van der Waals surface area contributed by atoms with Crippen LogP contribution in [0.15, 0.2) is 72.9 Å². The van der Waals surface area contributed by atoms with Crippen LogP contribution in [0.5, 0.6) is 0 Å². The number of imidazole rings is 1. The Hall–Kier alpha value is -3.44. The maximum atomic E-state index is 11.0. The van der Waals surface area contributed by atoms with Gasteiger partial charge in [0.05, 0.1) is 11.4 Å². The van der Waals surface area contributed by atoms with Crippen LogP contribution in [0, 0.1) is 0 Å². The number of rotatable bonds is 6. The number of aromatic nitrogens is 2. The molecule has 0 amide bonds. The molecule has 0 spiro atoms. The highest BCUT2D eigenvalue weighted by molar-refractivity contribution is 5.82. The number of carbonyl (C=O) groups is 1. The van der Waals surface area contributed by atoms with Gasteiger partial charge in [-0.05, 0) is 48.9 Å². The van der Waals surface area contributed by atoms with Gasteiger partial charge in [0.25, 0.3) is 0 Å². The van der Waals surface area contributed by atoms with Gasteiger partial charge in [0.15, 0.2) is 0 Å². The van der Waals surface area contributed by atoms with E-state index in [2.05, 4.69) is 40.8 Å². The second-order valence-electron chi connectivity index (χ2n) is 8.42. The zero-order valence-electron chi connectivity index (χ0n) is 17.3. The molecule has 3 N–H and O–H groups in total. The van der Waals surface area contributed by atoms with Crippen LogP contribution in [0.3, 0.4) is 0 Å². The molecule has 2 heterocycles. The number of nitrogens with zero attached hydrogens (tertiary/aromatic N) is 2. The summed E-state index contributed by atoms with van der Waals surface area (Å²) < 4.78 is 2.08. The number of aryl methyl sites for hydroxylation is 1. The van der Waals surface area contributed by atoms with E-state index in [-0.39, 0.29) is 12.0 Å². The van der Waals surface area contributed by atoms with Crippen molar-refractivity contribution in [3.05, 3.63) is 84.1 Å². The van der Waals surface area contributed by atoms with Crippen molar-refractivity contribution in [2.24, 2.45) is 5.73 Å². The fraction of sp³-hybridized carbons (Fsp3) is 0.231. The SMILES string of the molecule is NC1(c2ccc(-c3nc4cc(CCC(=O)O)ccn4c3-c3ccccc3)cc2)CCC1. The zero-order valence-corrected chi connectivity index (χ0v) is 17.3. The Balaban J connectivity index is 1.61. The van der Waals surface area contributed by atoms with Crippen molar-refractivity contribution in [1.82, 2.24) is 9.38 Å². The Kier molecular flexibility index (Phi) is 4.83. The van der Waals surface area contributed by atoms with Crippen LogP contribution in [0.4, 0.5) is 0 Å². The standard InChI is InChI=1S/C26H25N3O2/c27-26(14-4-15-26)21-10-8-19(9-11-21)24-25(20-5-2-1-3-6-20)29-16-13-18(7-12-23(30)31)17-22(29)28-24/h1-3,5-6,8-11,13,16-17H,4,7,12,14-15,27H2,(H,30,31). The molecule has 1 saturated carbocycles. The van der Waals surface area contributed by atoms with Gasteiger partial charge in [-0.3, -0.25) is 9.20 Å². The van der Waals surface area contributed by atoms with Crippen molar-refractivity contribution in [2.75, 3.05) is 0 Å². The molecular formula is C26H25N3O2. The average Bonchev–Trinajstić information content (AvgIpc) is 3.15. The van der Waals surface area contributed by atoms with Crippen LogP contribution in [0.25, 0.3) is 28.2 Å². The lowest BCUT2D eigenvalue weighted by Crippen LogP contribution is -2.43. The van der Waals surface area contributed by atoms with Crippen LogP contribution in [0.2, 0.25) is 0 Å². The molecule has 2 aromatic carbocycles. The molecule has 0 bridgehead atoms. The van der Waals surface area contributed by atoms with Gasteiger partial charge in [-0.25, -0.2) is 4.98 Å². The Morgan fingerprint density at radius 3 is 2.42 bits per heavy atom. The minimum Gasteiger partial charge on any atom is -0.481 e. The van der Waals surface area contributed by atoms with Gasteiger partial charge < -0.3 is 10.8 Å². The predicted octanol–water partition coefficient (Wildman–Crippen LogP) is 5.02. The van der Waals surface area contributed by atoms with Crippen LogP contribution in [-0.4, -0.2) is 20.5 Å². The molecule has 2 aromatic heterocycles. The van der Waals surface area contributed by atoms with Crippen molar-refractivity contribution in [2.45, 2.75) is 37.6 Å². The molecule has 156 valence electrons. The number of aliphatic carboxylic acids is 1. The molecular weight excluding hydrogens is 386 g/mol. The maximum absolute atomic E-state index is 11.0. The summed E-state index contributed by atoms with van der Waals surface area (Å²) in [5, 5.41) is 9.01. The summed E-state index contributed by atoms with van der Waals surface area (Å²) in [6.45, 7) is 0. The van der Waals surface area contributed by atoms with E-state index in [1.54, 1.807) is 0 Å². The number of carboxylic acid groups (broad SMARTS) is 1.